The molecule has 4 heterocycles. The standard InChI is InChI=1S/C23H25FN6S/c1-15-14-31-23(26-15)28-22-11-25-10-20(27-22)16-5-7-30(8-6-16)13-17-12-29(2)21-4-3-18(24)9-19(17)21/h3-4,9-12,14,16H,5-8,13H2,1-2H3,(H,26,27,28). The highest BCUT2D eigenvalue weighted by molar-refractivity contribution is 7.13. The van der Waals surface area contributed by atoms with Gasteiger partial charge in [-0.3, -0.25) is 9.88 Å². The summed E-state index contributed by atoms with van der Waals surface area (Å²) < 4.78 is 15.8. The highest BCUT2D eigenvalue weighted by Gasteiger charge is 2.23. The minimum Gasteiger partial charge on any atom is -0.350 e. The van der Waals surface area contributed by atoms with E-state index in [1.807, 2.05) is 31.6 Å². The van der Waals surface area contributed by atoms with Gasteiger partial charge in [-0.15, -0.1) is 11.3 Å². The second kappa shape index (κ2) is 8.36. The summed E-state index contributed by atoms with van der Waals surface area (Å²) in [6.07, 6.45) is 7.82. The molecule has 6 nitrogen and oxygen atoms in total. The Kier molecular flexibility index (Phi) is 5.41. The first-order chi connectivity index (χ1) is 15.0. The molecule has 31 heavy (non-hydrogen) atoms. The first kappa shape index (κ1) is 20.1. The molecule has 1 aliphatic rings. The molecule has 1 aliphatic heterocycles. The zero-order chi connectivity index (χ0) is 21.4. The fourth-order valence-electron chi connectivity index (χ4n) is 4.36. The van der Waals surface area contributed by atoms with Crippen LogP contribution in [0.5, 0.6) is 0 Å². The topological polar surface area (TPSA) is 58.9 Å². The van der Waals surface area contributed by atoms with Crippen LogP contribution in [0.1, 0.15) is 35.7 Å². The summed E-state index contributed by atoms with van der Waals surface area (Å²) in [5, 5.41) is 7.12. The Morgan fingerprint density at radius 1 is 1.19 bits per heavy atom. The van der Waals surface area contributed by atoms with Crippen LogP contribution < -0.4 is 5.32 Å². The minimum absolute atomic E-state index is 0.182. The number of benzene rings is 1. The molecule has 0 amide bonds. The maximum absolute atomic E-state index is 13.8. The maximum Gasteiger partial charge on any atom is 0.188 e. The van der Waals surface area contributed by atoms with Crippen LogP contribution >= 0.6 is 11.3 Å². The lowest BCUT2D eigenvalue weighted by Gasteiger charge is -2.31. The molecule has 1 N–H and O–H groups in total. The Hall–Kier alpha value is -2.84. The first-order valence-electron chi connectivity index (χ1n) is 10.5. The number of thiazole rings is 1. The van der Waals surface area contributed by atoms with Gasteiger partial charge in [0.1, 0.15) is 5.82 Å². The van der Waals surface area contributed by atoms with Gasteiger partial charge in [0.15, 0.2) is 10.9 Å². The van der Waals surface area contributed by atoms with Crippen molar-refractivity contribution in [2.75, 3.05) is 18.4 Å². The molecule has 0 unspecified atom stereocenters. The van der Waals surface area contributed by atoms with Crippen molar-refractivity contribution in [3.05, 3.63) is 64.9 Å². The molecular weight excluding hydrogens is 411 g/mol. The van der Waals surface area contributed by atoms with Gasteiger partial charge < -0.3 is 9.88 Å². The Balaban J connectivity index is 1.24. The highest BCUT2D eigenvalue weighted by Crippen LogP contribution is 2.30. The predicted octanol–water partition coefficient (Wildman–Crippen LogP) is 5.00. The summed E-state index contributed by atoms with van der Waals surface area (Å²) in [6.45, 7) is 4.79. The molecule has 0 bridgehead atoms. The van der Waals surface area contributed by atoms with Crippen LogP contribution in [-0.4, -0.2) is 37.5 Å². The Labute approximate surface area is 184 Å². The van der Waals surface area contributed by atoms with Gasteiger partial charge in [-0.2, -0.15) is 0 Å². The van der Waals surface area contributed by atoms with Crippen molar-refractivity contribution in [1.82, 2.24) is 24.4 Å². The third-order valence-electron chi connectivity index (χ3n) is 5.94. The molecule has 0 aliphatic carbocycles. The maximum atomic E-state index is 13.8. The summed E-state index contributed by atoms with van der Waals surface area (Å²) in [4.78, 5) is 16.1. The van der Waals surface area contributed by atoms with E-state index >= 15 is 0 Å². The third kappa shape index (κ3) is 4.31. The number of anilines is 2. The molecule has 160 valence electrons. The lowest BCUT2D eigenvalue weighted by atomic mass is 9.93. The predicted molar refractivity (Wildman–Crippen MR) is 122 cm³/mol. The second-order valence-electron chi connectivity index (χ2n) is 8.23. The van der Waals surface area contributed by atoms with E-state index in [4.69, 9.17) is 4.98 Å². The average Bonchev–Trinajstić information content (AvgIpc) is 3.31. The van der Waals surface area contributed by atoms with Crippen LogP contribution in [-0.2, 0) is 13.6 Å². The number of piperidine rings is 1. The van der Waals surface area contributed by atoms with E-state index in [9.17, 15) is 4.39 Å². The number of halogens is 1. The van der Waals surface area contributed by atoms with Crippen LogP contribution in [0.3, 0.4) is 0 Å². The third-order valence-corrected chi connectivity index (χ3v) is 6.82. The number of aryl methyl sites for hydroxylation is 2. The van der Waals surface area contributed by atoms with Crippen molar-refractivity contribution < 1.29 is 4.39 Å². The lowest BCUT2D eigenvalue weighted by molar-refractivity contribution is 0.203. The van der Waals surface area contributed by atoms with Crippen molar-refractivity contribution >= 4 is 33.2 Å². The molecule has 1 aromatic carbocycles. The van der Waals surface area contributed by atoms with E-state index in [1.165, 1.54) is 11.6 Å². The Morgan fingerprint density at radius 2 is 2.03 bits per heavy atom. The van der Waals surface area contributed by atoms with Gasteiger partial charge in [0.25, 0.3) is 0 Å². The van der Waals surface area contributed by atoms with Gasteiger partial charge in [0.2, 0.25) is 0 Å². The summed E-state index contributed by atoms with van der Waals surface area (Å²) in [5.41, 5.74) is 4.28. The quantitative estimate of drug-likeness (QED) is 0.477. The Morgan fingerprint density at radius 3 is 2.81 bits per heavy atom. The number of hydrogen-bond acceptors (Lipinski definition) is 6. The van der Waals surface area contributed by atoms with Gasteiger partial charge in [-0.05, 0) is 56.6 Å². The van der Waals surface area contributed by atoms with Crippen molar-refractivity contribution in [3.63, 3.8) is 0 Å². The zero-order valence-electron chi connectivity index (χ0n) is 17.7. The molecule has 0 atom stereocenters. The molecule has 1 fully saturated rings. The normalized spacial score (nSPS) is 15.6. The summed E-state index contributed by atoms with van der Waals surface area (Å²) in [6, 6.07) is 5.03. The summed E-state index contributed by atoms with van der Waals surface area (Å²) >= 11 is 1.57. The van der Waals surface area contributed by atoms with Gasteiger partial charge in [0, 0.05) is 48.2 Å². The van der Waals surface area contributed by atoms with E-state index in [0.29, 0.717) is 5.92 Å². The van der Waals surface area contributed by atoms with E-state index in [0.717, 1.165) is 65.7 Å². The number of fused-ring (bicyclic) bond motifs is 1. The number of likely N-dealkylation sites (tertiary alicyclic amines) is 1. The van der Waals surface area contributed by atoms with Gasteiger partial charge in [0.05, 0.1) is 17.6 Å². The average molecular weight is 437 g/mol. The van der Waals surface area contributed by atoms with Crippen molar-refractivity contribution in [1.29, 1.82) is 0 Å². The largest absolute Gasteiger partial charge is 0.350 e. The van der Waals surface area contributed by atoms with E-state index in [-0.39, 0.29) is 5.82 Å². The van der Waals surface area contributed by atoms with Crippen LogP contribution in [0.25, 0.3) is 10.9 Å². The van der Waals surface area contributed by atoms with Crippen molar-refractivity contribution in [3.8, 4) is 0 Å². The molecule has 1 saturated heterocycles. The molecule has 0 radical (unpaired) electrons. The molecular formula is C23H25FN6S. The van der Waals surface area contributed by atoms with Crippen molar-refractivity contribution in [2.45, 2.75) is 32.2 Å². The number of rotatable bonds is 5. The van der Waals surface area contributed by atoms with Crippen LogP contribution in [0.4, 0.5) is 15.3 Å². The molecule has 4 aromatic rings. The SMILES string of the molecule is Cc1csc(Nc2cncc(C3CCN(Cc4cn(C)c5ccc(F)cc45)CC3)n2)n1. The molecule has 5 rings (SSSR count). The monoisotopic (exact) mass is 436 g/mol. The van der Waals surface area contributed by atoms with Gasteiger partial charge >= 0.3 is 0 Å². The number of aromatic nitrogens is 4. The smallest absolute Gasteiger partial charge is 0.188 e. The fraction of sp³-hybridized carbons (Fsp3) is 0.348. The Bertz CT molecular complexity index is 1210. The van der Waals surface area contributed by atoms with E-state index < -0.39 is 0 Å². The van der Waals surface area contributed by atoms with Crippen LogP contribution in [0.15, 0.2) is 42.2 Å². The number of hydrogen-bond donors (Lipinski definition) is 1. The first-order valence-corrected chi connectivity index (χ1v) is 11.4. The lowest BCUT2D eigenvalue weighted by Crippen LogP contribution is -2.32. The van der Waals surface area contributed by atoms with E-state index in [2.05, 4.69) is 30.9 Å². The zero-order valence-corrected chi connectivity index (χ0v) is 18.5. The van der Waals surface area contributed by atoms with Crippen LogP contribution in [0, 0.1) is 12.7 Å². The summed E-state index contributed by atoms with van der Waals surface area (Å²) in [7, 11) is 2.02. The summed E-state index contributed by atoms with van der Waals surface area (Å²) in [5.74, 6) is 0.958. The number of nitrogens with zero attached hydrogens (tertiary/aromatic N) is 5. The molecule has 0 spiro atoms. The molecule has 8 heteroatoms. The second-order valence-corrected chi connectivity index (χ2v) is 9.08. The van der Waals surface area contributed by atoms with Crippen molar-refractivity contribution in [2.24, 2.45) is 7.05 Å². The molecule has 0 saturated carbocycles. The van der Waals surface area contributed by atoms with Gasteiger partial charge in [-0.25, -0.2) is 14.4 Å². The highest BCUT2D eigenvalue weighted by atomic mass is 32.1. The van der Waals surface area contributed by atoms with Gasteiger partial charge in [-0.1, -0.05) is 0 Å². The van der Waals surface area contributed by atoms with E-state index in [1.54, 1.807) is 23.6 Å². The fourth-order valence-corrected chi connectivity index (χ4v) is 5.05. The number of nitrogens with one attached hydrogen (secondary N) is 1. The molecule has 3 aromatic heterocycles. The van der Waals surface area contributed by atoms with Crippen LogP contribution in [0.2, 0.25) is 0 Å². The minimum atomic E-state index is -0.182.